The van der Waals surface area contributed by atoms with E-state index in [-0.39, 0.29) is 18.7 Å². The first kappa shape index (κ1) is 24.9. The Labute approximate surface area is 213 Å². The highest BCUT2D eigenvalue weighted by atomic mass is 35.5. The molecule has 1 aliphatic heterocycles. The lowest BCUT2D eigenvalue weighted by Gasteiger charge is -2.28. The van der Waals surface area contributed by atoms with Gasteiger partial charge >= 0.3 is 5.97 Å². The summed E-state index contributed by atoms with van der Waals surface area (Å²) < 4.78 is 10.3. The molecule has 0 aromatic heterocycles. The number of rotatable bonds is 7. The monoisotopic (exact) mass is 506 g/mol. The van der Waals surface area contributed by atoms with Crippen LogP contribution in [0.25, 0.3) is 0 Å². The van der Waals surface area contributed by atoms with Crippen LogP contribution < -0.4 is 14.4 Å². The van der Waals surface area contributed by atoms with Gasteiger partial charge in [-0.15, -0.1) is 0 Å². The smallest absolute Gasteiger partial charge is 0.308 e. The summed E-state index contributed by atoms with van der Waals surface area (Å²) in [6.07, 6.45) is -0.190. The summed E-state index contributed by atoms with van der Waals surface area (Å²) in [5, 5.41) is 0.440. The SMILES string of the molecule is COc1cccc(C(=O)N(Cc2ccccc2Cl)C2CC(=O)N(c3ccc(OC(C)=O)cc3)C2=O)c1. The Morgan fingerprint density at radius 1 is 1.00 bits per heavy atom. The van der Waals surface area contributed by atoms with Crippen molar-refractivity contribution >= 4 is 41.0 Å². The molecule has 0 spiro atoms. The molecule has 0 N–H and O–H groups in total. The van der Waals surface area contributed by atoms with Gasteiger partial charge in [0.15, 0.2) is 0 Å². The highest BCUT2D eigenvalue weighted by Gasteiger charge is 2.44. The molecule has 3 aromatic carbocycles. The molecule has 0 saturated carbocycles. The second-order valence-corrected chi connectivity index (χ2v) is 8.54. The van der Waals surface area contributed by atoms with Gasteiger partial charge in [0.25, 0.3) is 11.8 Å². The Balaban J connectivity index is 1.67. The molecule has 1 saturated heterocycles. The molecule has 36 heavy (non-hydrogen) atoms. The summed E-state index contributed by atoms with van der Waals surface area (Å²) >= 11 is 6.36. The van der Waals surface area contributed by atoms with E-state index in [1.54, 1.807) is 48.5 Å². The number of benzene rings is 3. The van der Waals surface area contributed by atoms with Crippen molar-refractivity contribution in [2.24, 2.45) is 0 Å². The van der Waals surface area contributed by atoms with Crippen molar-refractivity contribution in [2.75, 3.05) is 12.0 Å². The van der Waals surface area contributed by atoms with Gasteiger partial charge in [0, 0.05) is 24.1 Å². The average molecular weight is 507 g/mol. The van der Waals surface area contributed by atoms with Crippen LogP contribution in [0.5, 0.6) is 11.5 Å². The zero-order valence-corrected chi connectivity index (χ0v) is 20.4. The zero-order valence-electron chi connectivity index (χ0n) is 19.6. The van der Waals surface area contributed by atoms with E-state index in [2.05, 4.69) is 0 Å². The topological polar surface area (TPSA) is 93.2 Å². The number of carbonyl (C=O) groups is 4. The van der Waals surface area contributed by atoms with Crippen molar-refractivity contribution < 1.29 is 28.7 Å². The van der Waals surface area contributed by atoms with Gasteiger partial charge in [-0.05, 0) is 54.1 Å². The van der Waals surface area contributed by atoms with Crippen LogP contribution in [0.4, 0.5) is 5.69 Å². The van der Waals surface area contributed by atoms with Crippen LogP contribution in [0.3, 0.4) is 0 Å². The highest BCUT2D eigenvalue weighted by molar-refractivity contribution is 6.31. The first-order chi connectivity index (χ1) is 17.3. The molecule has 1 fully saturated rings. The zero-order chi connectivity index (χ0) is 25.8. The van der Waals surface area contributed by atoms with Crippen LogP contribution in [0.15, 0.2) is 72.8 Å². The third-order valence-corrected chi connectivity index (χ3v) is 6.10. The molecule has 1 aliphatic rings. The van der Waals surface area contributed by atoms with Crippen molar-refractivity contribution in [3.8, 4) is 11.5 Å². The van der Waals surface area contributed by atoms with E-state index in [9.17, 15) is 19.2 Å². The van der Waals surface area contributed by atoms with Crippen molar-refractivity contribution in [3.63, 3.8) is 0 Å². The quantitative estimate of drug-likeness (QED) is 0.270. The summed E-state index contributed by atoms with van der Waals surface area (Å²) in [4.78, 5) is 53.7. The minimum Gasteiger partial charge on any atom is -0.497 e. The molecule has 0 bridgehead atoms. The second kappa shape index (κ2) is 10.6. The second-order valence-electron chi connectivity index (χ2n) is 8.13. The minimum atomic E-state index is -1.04. The van der Waals surface area contributed by atoms with E-state index in [1.165, 1.54) is 43.2 Å². The van der Waals surface area contributed by atoms with E-state index in [1.807, 2.05) is 0 Å². The van der Waals surface area contributed by atoms with E-state index < -0.39 is 29.7 Å². The molecular formula is C27H23ClN2O6. The first-order valence-corrected chi connectivity index (χ1v) is 11.5. The van der Waals surface area contributed by atoms with Crippen LogP contribution >= 0.6 is 11.6 Å². The maximum absolute atomic E-state index is 13.7. The van der Waals surface area contributed by atoms with Gasteiger partial charge in [-0.3, -0.25) is 19.2 Å². The maximum atomic E-state index is 13.7. The number of anilines is 1. The number of esters is 1. The van der Waals surface area contributed by atoms with Crippen molar-refractivity contribution in [1.29, 1.82) is 0 Å². The number of imide groups is 1. The molecule has 1 heterocycles. The van der Waals surface area contributed by atoms with Gasteiger partial charge in [0.05, 0.1) is 19.2 Å². The number of nitrogens with zero attached hydrogens (tertiary/aromatic N) is 2. The molecule has 1 atom stereocenters. The number of methoxy groups -OCH3 is 1. The predicted octanol–water partition coefficient (Wildman–Crippen LogP) is 4.25. The number of carbonyl (C=O) groups excluding carboxylic acids is 4. The molecule has 1 unspecified atom stereocenters. The lowest BCUT2D eigenvalue weighted by Crippen LogP contribution is -2.45. The molecule has 4 rings (SSSR count). The van der Waals surface area contributed by atoms with Crippen molar-refractivity contribution in [2.45, 2.75) is 25.9 Å². The number of amides is 3. The van der Waals surface area contributed by atoms with Gasteiger partial charge < -0.3 is 14.4 Å². The number of hydrogen-bond acceptors (Lipinski definition) is 6. The molecule has 3 aromatic rings. The maximum Gasteiger partial charge on any atom is 0.308 e. The van der Waals surface area contributed by atoms with Gasteiger partial charge in [0.1, 0.15) is 17.5 Å². The molecule has 9 heteroatoms. The number of hydrogen-bond donors (Lipinski definition) is 0. The molecule has 0 radical (unpaired) electrons. The van der Waals surface area contributed by atoms with E-state index >= 15 is 0 Å². The Bertz CT molecular complexity index is 1320. The van der Waals surface area contributed by atoms with Gasteiger partial charge in [-0.25, -0.2) is 4.90 Å². The standard InChI is InChI=1S/C27H23ClN2O6/c1-17(31)36-21-12-10-20(11-13-21)30-25(32)15-24(27(30)34)29(16-19-6-3-4-9-23(19)28)26(33)18-7-5-8-22(14-18)35-2/h3-14,24H,15-16H2,1-2H3. The lowest BCUT2D eigenvalue weighted by atomic mass is 10.1. The van der Waals surface area contributed by atoms with Crippen molar-refractivity contribution in [1.82, 2.24) is 4.90 Å². The van der Waals surface area contributed by atoms with Gasteiger partial charge in [-0.2, -0.15) is 0 Å². The Morgan fingerprint density at radius 2 is 1.72 bits per heavy atom. The predicted molar refractivity (Wildman–Crippen MR) is 133 cm³/mol. The van der Waals surface area contributed by atoms with Gasteiger partial charge in [-0.1, -0.05) is 35.9 Å². The summed E-state index contributed by atoms with van der Waals surface area (Å²) in [5.41, 5.74) is 1.26. The third kappa shape index (κ3) is 5.23. The van der Waals surface area contributed by atoms with Crippen molar-refractivity contribution in [3.05, 3.63) is 88.9 Å². The summed E-state index contributed by atoms with van der Waals surface area (Å²) in [6, 6.07) is 18.6. The Kier molecular flexibility index (Phi) is 7.36. The normalized spacial score (nSPS) is 15.1. The largest absolute Gasteiger partial charge is 0.497 e. The van der Waals surface area contributed by atoms with Crippen LogP contribution in [-0.4, -0.2) is 41.7 Å². The van der Waals surface area contributed by atoms with Crippen LogP contribution in [0.2, 0.25) is 5.02 Å². The third-order valence-electron chi connectivity index (χ3n) is 5.73. The fraction of sp³-hybridized carbons (Fsp3) is 0.185. The first-order valence-electron chi connectivity index (χ1n) is 11.1. The Morgan fingerprint density at radius 3 is 2.39 bits per heavy atom. The molecule has 184 valence electrons. The summed E-state index contributed by atoms with van der Waals surface area (Å²) in [6.45, 7) is 1.30. The fourth-order valence-electron chi connectivity index (χ4n) is 4.02. The summed E-state index contributed by atoms with van der Waals surface area (Å²) in [7, 11) is 1.49. The van der Waals surface area contributed by atoms with E-state index in [0.29, 0.717) is 27.6 Å². The average Bonchev–Trinajstić information content (AvgIpc) is 3.16. The number of halogens is 1. The lowest BCUT2D eigenvalue weighted by molar-refractivity contribution is -0.132. The van der Waals surface area contributed by atoms with Crippen LogP contribution in [0, 0.1) is 0 Å². The highest BCUT2D eigenvalue weighted by Crippen LogP contribution is 2.30. The summed E-state index contributed by atoms with van der Waals surface area (Å²) in [5.74, 6) is -1.14. The Hall–Kier alpha value is -4.17. The molecule has 3 amide bonds. The van der Waals surface area contributed by atoms with Crippen LogP contribution in [0.1, 0.15) is 29.3 Å². The molecular weight excluding hydrogens is 484 g/mol. The fourth-order valence-corrected chi connectivity index (χ4v) is 4.21. The van der Waals surface area contributed by atoms with Gasteiger partial charge in [0.2, 0.25) is 5.91 Å². The van der Waals surface area contributed by atoms with E-state index in [0.717, 1.165) is 4.90 Å². The molecule has 8 nitrogen and oxygen atoms in total. The minimum absolute atomic E-state index is 0.0264. The van der Waals surface area contributed by atoms with E-state index in [4.69, 9.17) is 21.1 Å². The van der Waals surface area contributed by atoms with Crippen LogP contribution in [-0.2, 0) is 20.9 Å². The molecule has 0 aliphatic carbocycles. The number of ether oxygens (including phenoxy) is 2.